The molecule has 4 aromatic rings. The van der Waals surface area contributed by atoms with Gasteiger partial charge in [-0.2, -0.15) is 0 Å². The number of anilines is 2. The van der Waals surface area contributed by atoms with Crippen molar-refractivity contribution in [3.05, 3.63) is 101 Å². The van der Waals surface area contributed by atoms with E-state index in [1.807, 2.05) is 114 Å². The number of thiazole rings is 1. The maximum absolute atomic E-state index is 14.0. The standard InChI is InChI=1S/C32H34N4O2S/c1-35(2)27-17-15-26(16-18-27)33-31(38)32(19-9-10-20-32)36(30(37)21-24-11-5-3-6-12-24)22-29-34-28(23-39-29)25-13-7-4-8-14-25/h3-8,11-18,23H,9-10,19-22H2,1-2H3,(H,33,38). The van der Waals surface area contributed by atoms with Crippen molar-refractivity contribution in [3.8, 4) is 11.3 Å². The Kier molecular flexibility index (Phi) is 8.07. The average Bonchev–Trinajstić information content (AvgIpc) is 3.64. The van der Waals surface area contributed by atoms with E-state index in [1.54, 1.807) is 0 Å². The predicted molar refractivity (Wildman–Crippen MR) is 159 cm³/mol. The Hall–Kier alpha value is -3.97. The first kappa shape index (κ1) is 26.6. The van der Waals surface area contributed by atoms with Crippen molar-refractivity contribution in [2.45, 2.75) is 44.2 Å². The van der Waals surface area contributed by atoms with Crippen molar-refractivity contribution in [1.82, 2.24) is 9.88 Å². The molecule has 1 fully saturated rings. The van der Waals surface area contributed by atoms with Crippen molar-refractivity contribution < 1.29 is 9.59 Å². The average molecular weight is 539 g/mol. The number of carbonyl (C=O) groups is 2. The van der Waals surface area contributed by atoms with Gasteiger partial charge in [0, 0.05) is 36.4 Å². The van der Waals surface area contributed by atoms with Gasteiger partial charge in [0.15, 0.2) is 0 Å². The number of nitrogens with zero attached hydrogens (tertiary/aromatic N) is 3. The third-order valence-electron chi connectivity index (χ3n) is 7.43. The third kappa shape index (κ3) is 6.04. The number of nitrogens with one attached hydrogen (secondary N) is 1. The van der Waals surface area contributed by atoms with Crippen molar-refractivity contribution in [2.75, 3.05) is 24.3 Å². The Morgan fingerprint density at radius 1 is 0.897 bits per heavy atom. The van der Waals surface area contributed by atoms with Gasteiger partial charge in [0.1, 0.15) is 10.5 Å². The van der Waals surface area contributed by atoms with E-state index in [-0.39, 0.29) is 18.2 Å². The lowest BCUT2D eigenvalue weighted by Gasteiger charge is -2.40. The van der Waals surface area contributed by atoms with Crippen LogP contribution in [0.25, 0.3) is 11.3 Å². The lowest BCUT2D eigenvalue weighted by atomic mass is 9.92. The summed E-state index contributed by atoms with van der Waals surface area (Å²) in [5.74, 6) is -0.184. The first-order valence-corrected chi connectivity index (χ1v) is 14.3. The minimum Gasteiger partial charge on any atom is -0.378 e. The number of benzene rings is 3. The molecule has 0 atom stereocenters. The molecular formula is C32H34N4O2S. The third-order valence-corrected chi connectivity index (χ3v) is 8.26. The molecule has 1 aliphatic carbocycles. The number of hydrogen-bond acceptors (Lipinski definition) is 5. The summed E-state index contributed by atoms with van der Waals surface area (Å²) in [4.78, 5) is 36.7. The molecule has 2 amide bonds. The molecule has 6 nitrogen and oxygen atoms in total. The number of hydrogen-bond donors (Lipinski definition) is 1. The van der Waals surface area contributed by atoms with Crippen LogP contribution in [0.1, 0.15) is 36.3 Å². The zero-order valence-corrected chi connectivity index (χ0v) is 23.3. The van der Waals surface area contributed by atoms with Crippen LogP contribution in [0, 0.1) is 0 Å². The second-order valence-electron chi connectivity index (χ2n) is 10.3. The highest BCUT2D eigenvalue weighted by atomic mass is 32.1. The molecule has 1 heterocycles. The molecule has 0 unspecified atom stereocenters. The topological polar surface area (TPSA) is 65.5 Å². The van der Waals surface area contributed by atoms with Crippen molar-refractivity contribution >= 4 is 34.5 Å². The number of aromatic nitrogens is 1. The summed E-state index contributed by atoms with van der Waals surface area (Å²) in [5.41, 5.74) is 3.72. The molecule has 1 saturated carbocycles. The highest BCUT2D eigenvalue weighted by Crippen LogP contribution is 2.39. The lowest BCUT2D eigenvalue weighted by molar-refractivity contribution is -0.145. The largest absolute Gasteiger partial charge is 0.378 e. The van der Waals surface area contributed by atoms with Gasteiger partial charge in [-0.15, -0.1) is 11.3 Å². The summed E-state index contributed by atoms with van der Waals surface area (Å²) in [6, 6.07) is 27.6. The molecule has 3 aromatic carbocycles. The summed E-state index contributed by atoms with van der Waals surface area (Å²) in [6.07, 6.45) is 3.30. The van der Waals surface area contributed by atoms with Gasteiger partial charge in [-0.05, 0) is 42.7 Å². The minimum atomic E-state index is -0.926. The van der Waals surface area contributed by atoms with E-state index < -0.39 is 5.54 Å². The Morgan fingerprint density at radius 2 is 1.54 bits per heavy atom. The van der Waals surface area contributed by atoms with Crippen LogP contribution in [-0.4, -0.2) is 41.3 Å². The van der Waals surface area contributed by atoms with E-state index in [0.29, 0.717) is 19.4 Å². The molecule has 1 aliphatic rings. The highest BCUT2D eigenvalue weighted by molar-refractivity contribution is 7.09. The molecule has 39 heavy (non-hydrogen) atoms. The van der Waals surface area contributed by atoms with E-state index >= 15 is 0 Å². The Bertz CT molecular complexity index is 1400. The molecule has 0 bridgehead atoms. The summed E-state index contributed by atoms with van der Waals surface area (Å²) in [5, 5.41) is 5.99. The van der Waals surface area contributed by atoms with Crippen LogP contribution in [0.3, 0.4) is 0 Å². The fourth-order valence-corrected chi connectivity index (χ4v) is 6.07. The second-order valence-corrected chi connectivity index (χ2v) is 11.2. The quantitative estimate of drug-likeness (QED) is 0.268. The van der Waals surface area contributed by atoms with Crippen LogP contribution in [0.15, 0.2) is 90.3 Å². The normalized spacial score (nSPS) is 14.1. The minimum absolute atomic E-state index is 0.0577. The SMILES string of the molecule is CN(C)c1ccc(NC(=O)C2(N(Cc3nc(-c4ccccc4)cs3)C(=O)Cc3ccccc3)CCCC2)cc1. The molecule has 0 aliphatic heterocycles. The van der Waals surface area contributed by atoms with Gasteiger partial charge in [0.25, 0.3) is 0 Å². The molecule has 1 N–H and O–H groups in total. The summed E-state index contributed by atoms with van der Waals surface area (Å²) < 4.78 is 0. The van der Waals surface area contributed by atoms with Gasteiger partial charge in [-0.25, -0.2) is 4.98 Å². The summed E-state index contributed by atoms with van der Waals surface area (Å²) in [7, 11) is 3.97. The van der Waals surface area contributed by atoms with Crippen molar-refractivity contribution in [2.24, 2.45) is 0 Å². The monoisotopic (exact) mass is 538 g/mol. The maximum atomic E-state index is 14.0. The summed E-state index contributed by atoms with van der Waals surface area (Å²) >= 11 is 1.53. The zero-order valence-electron chi connectivity index (χ0n) is 22.5. The molecule has 5 rings (SSSR count). The Labute approximate surface area is 234 Å². The molecule has 0 saturated heterocycles. The fraction of sp³-hybridized carbons (Fsp3) is 0.281. The molecular weight excluding hydrogens is 504 g/mol. The van der Waals surface area contributed by atoms with Gasteiger partial charge in [-0.1, -0.05) is 73.5 Å². The van der Waals surface area contributed by atoms with Crippen molar-refractivity contribution in [3.63, 3.8) is 0 Å². The molecule has 1 aromatic heterocycles. The van der Waals surface area contributed by atoms with Gasteiger partial charge < -0.3 is 15.1 Å². The smallest absolute Gasteiger partial charge is 0.250 e. The lowest BCUT2D eigenvalue weighted by Crippen LogP contribution is -2.57. The van der Waals surface area contributed by atoms with Crippen LogP contribution < -0.4 is 10.2 Å². The summed E-state index contributed by atoms with van der Waals surface area (Å²) in [6.45, 7) is 0.302. The fourth-order valence-electron chi connectivity index (χ4n) is 5.27. The van der Waals surface area contributed by atoms with Crippen LogP contribution in [0.5, 0.6) is 0 Å². The predicted octanol–water partition coefficient (Wildman–Crippen LogP) is 6.40. The van der Waals surface area contributed by atoms with Crippen molar-refractivity contribution in [1.29, 1.82) is 0 Å². The van der Waals surface area contributed by atoms with Gasteiger partial charge in [0.05, 0.1) is 18.7 Å². The Balaban J connectivity index is 1.45. The van der Waals surface area contributed by atoms with E-state index in [9.17, 15) is 9.59 Å². The number of amides is 2. The van der Waals surface area contributed by atoms with Crippen LogP contribution in [0.2, 0.25) is 0 Å². The second kappa shape index (κ2) is 11.8. The van der Waals surface area contributed by atoms with Crippen LogP contribution in [0.4, 0.5) is 11.4 Å². The highest BCUT2D eigenvalue weighted by Gasteiger charge is 2.48. The zero-order chi connectivity index (χ0) is 27.2. The van der Waals surface area contributed by atoms with Gasteiger partial charge in [0.2, 0.25) is 11.8 Å². The van der Waals surface area contributed by atoms with E-state index in [2.05, 4.69) is 5.32 Å². The van der Waals surface area contributed by atoms with Crippen LogP contribution >= 0.6 is 11.3 Å². The van der Waals surface area contributed by atoms with Crippen LogP contribution in [-0.2, 0) is 22.6 Å². The first-order chi connectivity index (χ1) is 18.9. The molecule has 7 heteroatoms. The Morgan fingerprint density at radius 3 is 2.18 bits per heavy atom. The van der Waals surface area contributed by atoms with Gasteiger partial charge >= 0.3 is 0 Å². The molecule has 200 valence electrons. The molecule has 0 spiro atoms. The van der Waals surface area contributed by atoms with E-state index in [1.165, 1.54) is 11.3 Å². The molecule has 0 radical (unpaired) electrons. The maximum Gasteiger partial charge on any atom is 0.250 e. The number of carbonyl (C=O) groups excluding carboxylic acids is 2. The number of rotatable bonds is 9. The van der Waals surface area contributed by atoms with E-state index in [4.69, 9.17) is 4.98 Å². The van der Waals surface area contributed by atoms with Gasteiger partial charge in [-0.3, -0.25) is 9.59 Å². The first-order valence-electron chi connectivity index (χ1n) is 13.4. The van der Waals surface area contributed by atoms with E-state index in [0.717, 1.165) is 46.0 Å².